The molecule has 1 aromatic rings. The lowest BCUT2D eigenvalue weighted by Crippen LogP contribution is -2.26. The number of benzene rings is 1. The molecule has 28 heavy (non-hydrogen) atoms. The fourth-order valence-corrected chi connectivity index (χ4v) is 3.91. The van der Waals surface area contributed by atoms with Crippen molar-refractivity contribution in [3.8, 4) is 11.5 Å². The number of ether oxygens (including phenoxy) is 2. The van der Waals surface area contributed by atoms with Crippen LogP contribution in [-0.4, -0.2) is 32.6 Å². The summed E-state index contributed by atoms with van der Waals surface area (Å²) in [6.07, 6.45) is 8.79. The molecule has 6 heteroatoms. The van der Waals surface area contributed by atoms with Gasteiger partial charge >= 0.3 is 0 Å². The average molecular weight is 391 g/mol. The van der Waals surface area contributed by atoms with Crippen LogP contribution in [0.1, 0.15) is 63.9 Å². The SMILES string of the molecule is CCCC(=O)NCc1ccc(OC)c(OC)c1.O=C1CC2(CCCCC2)CN1. The van der Waals surface area contributed by atoms with E-state index in [2.05, 4.69) is 10.6 Å². The molecule has 2 fully saturated rings. The van der Waals surface area contributed by atoms with Crippen molar-refractivity contribution in [3.63, 3.8) is 0 Å². The van der Waals surface area contributed by atoms with E-state index in [-0.39, 0.29) is 11.8 Å². The zero-order chi connectivity index (χ0) is 20.4. The second-order valence-electron chi connectivity index (χ2n) is 7.73. The number of amides is 2. The van der Waals surface area contributed by atoms with Gasteiger partial charge in [0.05, 0.1) is 14.2 Å². The Labute approximate surface area is 168 Å². The van der Waals surface area contributed by atoms with Crippen molar-refractivity contribution in [2.24, 2.45) is 5.41 Å². The van der Waals surface area contributed by atoms with Crippen molar-refractivity contribution in [2.75, 3.05) is 20.8 Å². The minimum absolute atomic E-state index is 0.0716. The average Bonchev–Trinajstić information content (AvgIpc) is 3.07. The number of carbonyl (C=O) groups is 2. The molecule has 1 saturated carbocycles. The van der Waals surface area contributed by atoms with Crippen LogP contribution < -0.4 is 20.1 Å². The highest BCUT2D eigenvalue weighted by molar-refractivity contribution is 5.79. The smallest absolute Gasteiger partial charge is 0.220 e. The van der Waals surface area contributed by atoms with Crippen molar-refractivity contribution in [2.45, 2.75) is 64.8 Å². The van der Waals surface area contributed by atoms with E-state index in [1.165, 1.54) is 32.1 Å². The predicted octanol–water partition coefficient (Wildman–Crippen LogP) is 3.58. The van der Waals surface area contributed by atoms with Crippen LogP contribution in [0.3, 0.4) is 0 Å². The lowest BCUT2D eigenvalue weighted by atomic mass is 9.73. The van der Waals surface area contributed by atoms with E-state index in [0.29, 0.717) is 29.9 Å². The number of hydrogen-bond acceptors (Lipinski definition) is 4. The van der Waals surface area contributed by atoms with Gasteiger partial charge in [-0.1, -0.05) is 32.3 Å². The van der Waals surface area contributed by atoms with Gasteiger partial charge in [0.2, 0.25) is 11.8 Å². The minimum Gasteiger partial charge on any atom is -0.493 e. The first-order valence-electron chi connectivity index (χ1n) is 10.3. The van der Waals surface area contributed by atoms with Crippen molar-refractivity contribution in [1.29, 1.82) is 0 Å². The molecule has 1 spiro atoms. The molecule has 1 aliphatic carbocycles. The molecule has 156 valence electrons. The first-order valence-corrected chi connectivity index (χ1v) is 10.3. The normalized spacial score (nSPS) is 17.3. The third kappa shape index (κ3) is 6.43. The van der Waals surface area contributed by atoms with Crippen LogP contribution in [0.15, 0.2) is 18.2 Å². The van der Waals surface area contributed by atoms with Crippen LogP contribution in [0.4, 0.5) is 0 Å². The Hall–Kier alpha value is -2.24. The second kappa shape index (κ2) is 10.9. The molecular formula is C22H34N2O4. The summed E-state index contributed by atoms with van der Waals surface area (Å²) in [5, 5.41) is 5.79. The van der Waals surface area contributed by atoms with Gasteiger partial charge in [-0.3, -0.25) is 9.59 Å². The van der Waals surface area contributed by atoms with Crippen LogP contribution in [0.5, 0.6) is 11.5 Å². The Balaban J connectivity index is 0.000000218. The zero-order valence-corrected chi connectivity index (χ0v) is 17.4. The van der Waals surface area contributed by atoms with Gasteiger partial charge in [0, 0.05) is 25.9 Å². The Morgan fingerprint density at radius 3 is 2.43 bits per heavy atom. The molecule has 2 aliphatic rings. The van der Waals surface area contributed by atoms with Gasteiger partial charge in [-0.2, -0.15) is 0 Å². The molecule has 0 radical (unpaired) electrons. The molecule has 0 atom stereocenters. The molecule has 0 aromatic heterocycles. The Kier molecular flexibility index (Phi) is 8.61. The third-order valence-corrected chi connectivity index (χ3v) is 5.53. The molecule has 2 amide bonds. The predicted molar refractivity (Wildman–Crippen MR) is 109 cm³/mol. The number of methoxy groups -OCH3 is 2. The standard InChI is InChI=1S/C13H19NO3.C9H15NO/c1-4-5-13(15)14-9-10-6-7-11(16-2)12(8-10)17-3;11-8-6-9(7-10-8)4-2-1-3-5-9/h6-8H,4-5,9H2,1-3H3,(H,14,15);1-7H2,(H,10,11). The van der Waals surface area contributed by atoms with E-state index in [9.17, 15) is 9.59 Å². The largest absolute Gasteiger partial charge is 0.493 e. The van der Waals surface area contributed by atoms with Gasteiger partial charge in [0.15, 0.2) is 11.5 Å². The van der Waals surface area contributed by atoms with E-state index in [1.54, 1.807) is 14.2 Å². The second-order valence-corrected chi connectivity index (χ2v) is 7.73. The summed E-state index contributed by atoms with van der Waals surface area (Å²) in [5.74, 6) is 1.71. The van der Waals surface area contributed by atoms with Crippen molar-refractivity contribution in [3.05, 3.63) is 23.8 Å². The molecule has 3 rings (SSSR count). The monoisotopic (exact) mass is 390 g/mol. The van der Waals surface area contributed by atoms with Gasteiger partial charge in [-0.15, -0.1) is 0 Å². The van der Waals surface area contributed by atoms with Crippen LogP contribution >= 0.6 is 0 Å². The maximum atomic E-state index is 11.3. The quantitative estimate of drug-likeness (QED) is 0.778. The topological polar surface area (TPSA) is 76.7 Å². The van der Waals surface area contributed by atoms with Gasteiger partial charge in [0.25, 0.3) is 0 Å². The number of rotatable bonds is 6. The fraction of sp³-hybridized carbons (Fsp3) is 0.636. The summed E-state index contributed by atoms with van der Waals surface area (Å²) in [5.41, 5.74) is 1.38. The number of nitrogens with one attached hydrogen (secondary N) is 2. The first-order chi connectivity index (χ1) is 13.5. The maximum absolute atomic E-state index is 11.3. The molecular weight excluding hydrogens is 356 g/mol. The van der Waals surface area contributed by atoms with Gasteiger partial charge < -0.3 is 20.1 Å². The number of hydrogen-bond donors (Lipinski definition) is 2. The third-order valence-electron chi connectivity index (χ3n) is 5.53. The summed E-state index contributed by atoms with van der Waals surface area (Å²) >= 11 is 0. The van der Waals surface area contributed by atoms with Crippen molar-refractivity contribution >= 4 is 11.8 Å². The maximum Gasteiger partial charge on any atom is 0.220 e. The number of carbonyl (C=O) groups excluding carboxylic acids is 2. The molecule has 0 bridgehead atoms. The van der Waals surface area contributed by atoms with Crippen LogP contribution in [-0.2, 0) is 16.1 Å². The summed E-state index contributed by atoms with van der Waals surface area (Å²) in [7, 11) is 3.19. The summed E-state index contributed by atoms with van der Waals surface area (Å²) in [6.45, 7) is 3.45. The first kappa shape index (κ1) is 22.1. The van der Waals surface area contributed by atoms with Gasteiger partial charge in [-0.05, 0) is 42.4 Å². The van der Waals surface area contributed by atoms with E-state index in [1.807, 2.05) is 25.1 Å². The summed E-state index contributed by atoms with van der Waals surface area (Å²) < 4.78 is 10.3. The Morgan fingerprint density at radius 1 is 1.14 bits per heavy atom. The lowest BCUT2D eigenvalue weighted by Gasteiger charge is -2.31. The molecule has 0 unspecified atom stereocenters. The van der Waals surface area contributed by atoms with E-state index >= 15 is 0 Å². The lowest BCUT2D eigenvalue weighted by molar-refractivity contribution is -0.121. The Bertz CT molecular complexity index is 654. The van der Waals surface area contributed by atoms with Crippen LogP contribution in [0, 0.1) is 5.41 Å². The van der Waals surface area contributed by atoms with Crippen LogP contribution in [0.2, 0.25) is 0 Å². The molecule has 1 aromatic carbocycles. The van der Waals surface area contributed by atoms with E-state index in [4.69, 9.17) is 9.47 Å². The van der Waals surface area contributed by atoms with E-state index in [0.717, 1.165) is 24.9 Å². The van der Waals surface area contributed by atoms with Gasteiger partial charge in [-0.25, -0.2) is 0 Å². The minimum atomic E-state index is 0.0716. The van der Waals surface area contributed by atoms with Crippen molar-refractivity contribution < 1.29 is 19.1 Å². The highest BCUT2D eigenvalue weighted by Crippen LogP contribution is 2.41. The fourth-order valence-electron chi connectivity index (χ4n) is 3.91. The summed E-state index contributed by atoms with van der Waals surface area (Å²) in [4.78, 5) is 22.3. The van der Waals surface area contributed by atoms with Crippen molar-refractivity contribution in [1.82, 2.24) is 10.6 Å². The molecule has 2 N–H and O–H groups in total. The molecule has 1 saturated heterocycles. The molecule has 1 heterocycles. The zero-order valence-electron chi connectivity index (χ0n) is 17.4. The van der Waals surface area contributed by atoms with E-state index < -0.39 is 0 Å². The molecule has 6 nitrogen and oxygen atoms in total. The summed E-state index contributed by atoms with van der Waals surface area (Å²) in [6, 6.07) is 5.61. The van der Waals surface area contributed by atoms with Crippen LogP contribution in [0.25, 0.3) is 0 Å². The highest BCUT2D eigenvalue weighted by Gasteiger charge is 2.38. The molecule has 1 aliphatic heterocycles. The Morgan fingerprint density at radius 2 is 1.86 bits per heavy atom. The highest BCUT2D eigenvalue weighted by atomic mass is 16.5. The van der Waals surface area contributed by atoms with Gasteiger partial charge in [0.1, 0.15) is 0 Å².